The number of ether oxygens (including phenoxy) is 1. The van der Waals surface area contributed by atoms with Gasteiger partial charge in [0.1, 0.15) is 0 Å². The van der Waals surface area contributed by atoms with Crippen LogP contribution in [0.4, 0.5) is 0 Å². The molecule has 28 heavy (non-hydrogen) atoms. The average Bonchev–Trinajstić information content (AvgIpc) is 3.02. The molecule has 2 aliphatic rings. The predicted molar refractivity (Wildman–Crippen MR) is 128 cm³/mol. The maximum absolute atomic E-state index is 5.60. The number of nitrogens with one attached hydrogen (secondary N) is 2. The van der Waals surface area contributed by atoms with E-state index < -0.39 is 0 Å². The number of hydrogen-bond acceptors (Lipinski definition) is 5. The van der Waals surface area contributed by atoms with Crippen molar-refractivity contribution in [3.8, 4) is 0 Å². The summed E-state index contributed by atoms with van der Waals surface area (Å²) >= 11 is 1.75. The molecule has 2 heterocycles. The molecule has 1 aromatic heterocycles. The predicted octanol–water partition coefficient (Wildman–Crippen LogP) is 3.47. The molecule has 0 spiro atoms. The summed E-state index contributed by atoms with van der Waals surface area (Å²) in [5.41, 5.74) is 1.35. The van der Waals surface area contributed by atoms with Gasteiger partial charge in [0.15, 0.2) is 5.96 Å². The number of aromatic nitrogens is 1. The maximum atomic E-state index is 5.60. The van der Waals surface area contributed by atoms with E-state index in [1.54, 1.807) is 11.3 Å². The van der Waals surface area contributed by atoms with E-state index in [1.165, 1.54) is 37.0 Å². The standard InChI is InChI=1S/C20H35N5OS.HI/c1-4-21-19(22-14-18-16(2)24-17(3)27-18)23-15-20(8-6-5-7-9-20)25-10-12-26-13-11-25;/h4-15H2,1-3H3,(H2,21,22,23);1H. The van der Waals surface area contributed by atoms with E-state index in [4.69, 9.17) is 9.73 Å². The monoisotopic (exact) mass is 521 g/mol. The molecule has 2 fully saturated rings. The number of nitrogens with zero attached hydrogens (tertiary/aromatic N) is 3. The van der Waals surface area contributed by atoms with E-state index in [9.17, 15) is 0 Å². The van der Waals surface area contributed by atoms with Crippen LogP contribution in [-0.4, -0.2) is 60.8 Å². The van der Waals surface area contributed by atoms with Crippen LogP contribution in [0.3, 0.4) is 0 Å². The fraction of sp³-hybridized carbons (Fsp3) is 0.800. The zero-order valence-corrected chi connectivity index (χ0v) is 20.7. The molecular weight excluding hydrogens is 485 g/mol. The van der Waals surface area contributed by atoms with E-state index >= 15 is 0 Å². The van der Waals surface area contributed by atoms with E-state index in [1.807, 2.05) is 0 Å². The first-order valence-electron chi connectivity index (χ1n) is 10.4. The van der Waals surface area contributed by atoms with Crippen LogP contribution >= 0.6 is 35.3 Å². The molecule has 0 aromatic carbocycles. The number of thiazole rings is 1. The van der Waals surface area contributed by atoms with Gasteiger partial charge in [-0.15, -0.1) is 35.3 Å². The maximum Gasteiger partial charge on any atom is 0.191 e. The Labute approximate surface area is 190 Å². The highest BCUT2D eigenvalue weighted by atomic mass is 127. The van der Waals surface area contributed by atoms with E-state index in [2.05, 4.69) is 41.3 Å². The van der Waals surface area contributed by atoms with Crippen molar-refractivity contribution in [2.24, 2.45) is 4.99 Å². The van der Waals surface area contributed by atoms with Gasteiger partial charge in [0.2, 0.25) is 0 Å². The lowest BCUT2D eigenvalue weighted by Gasteiger charge is -2.48. The van der Waals surface area contributed by atoms with Crippen LogP contribution in [0.1, 0.15) is 54.6 Å². The molecule has 0 amide bonds. The Balaban J connectivity index is 0.00000280. The summed E-state index contributed by atoms with van der Waals surface area (Å²) in [5.74, 6) is 0.918. The molecule has 0 bridgehead atoms. The number of rotatable bonds is 6. The van der Waals surface area contributed by atoms with Gasteiger partial charge in [0, 0.05) is 36.6 Å². The highest BCUT2D eigenvalue weighted by Gasteiger charge is 2.38. The first-order valence-corrected chi connectivity index (χ1v) is 11.2. The Morgan fingerprint density at radius 3 is 2.50 bits per heavy atom. The van der Waals surface area contributed by atoms with Crippen molar-refractivity contribution in [2.45, 2.75) is 65.0 Å². The van der Waals surface area contributed by atoms with E-state index in [0.717, 1.165) is 56.1 Å². The molecule has 1 aliphatic carbocycles. The quantitative estimate of drug-likeness (QED) is 0.341. The minimum absolute atomic E-state index is 0. The topological polar surface area (TPSA) is 61.8 Å². The molecule has 6 nitrogen and oxygen atoms in total. The van der Waals surface area contributed by atoms with Crippen LogP contribution in [0.25, 0.3) is 0 Å². The number of aryl methyl sites for hydroxylation is 2. The number of morpholine rings is 1. The SMILES string of the molecule is CCNC(=NCc1sc(C)nc1C)NCC1(N2CCOCC2)CCCCC1.I. The molecule has 1 saturated carbocycles. The molecule has 1 aliphatic heterocycles. The van der Waals surface area contributed by atoms with Crippen molar-refractivity contribution in [2.75, 3.05) is 39.4 Å². The van der Waals surface area contributed by atoms with Crippen LogP contribution in [0.5, 0.6) is 0 Å². The molecular formula is C20H36IN5OS. The van der Waals surface area contributed by atoms with Gasteiger partial charge in [-0.1, -0.05) is 19.3 Å². The summed E-state index contributed by atoms with van der Waals surface area (Å²) in [5, 5.41) is 8.20. The van der Waals surface area contributed by atoms with Crippen LogP contribution in [0.15, 0.2) is 4.99 Å². The van der Waals surface area contributed by atoms with Crippen LogP contribution in [-0.2, 0) is 11.3 Å². The van der Waals surface area contributed by atoms with Crippen LogP contribution in [0.2, 0.25) is 0 Å². The Morgan fingerprint density at radius 1 is 1.18 bits per heavy atom. The summed E-state index contributed by atoms with van der Waals surface area (Å²) in [7, 11) is 0. The second-order valence-corrected chi connectivity index (χ2v) is 8.96. The van der Waals surface area contributed by atoms with E-state index in [-0.39, 0.29) is 29.5 Å². The van der Waals surface area contributed by atoms with Gasteiger partial charge in [-0.05, 0) is 33.6 Å². The van der Waals surface area contributed by atoms with Crippen molar-refractivity contribution in [3.63, 3.8) is 0 Å². The molecule has 1 saturated heterocycles. The summed E-state index contributed by atoms with van der Waals surface area (Å²) in [4.78, 5) is 13.3. The second kappa shape index (κ2) is 11.7. The average molecular weight is 522 g/mol. The highest BCUT2D eigenvalue weighted by molar-refractivity contribution is 14.0. The molecule has 0 radical (unpaired) electrons. The fourth-order valence-electron chi connectivity index (χ4n) is 4.31. The third-order valence-corrected chi connectivity index (χ3v) is 6.83. The zero-order valence-electron chi connectivity index (χ0n) is 17.6. The Bertz CT molecular complexity index is 624. The van der Waals surface area contributed by atoms with Crippen molar-refractivity contribution in [3.05, 3.63) is 15.6 Å². The van der Waals surface area contributed by atoms with E-state index in [0.29, 0.717) is 6.54 Å². The lowest BCUT2D eigenvalue weighted by Crippen LogP contribution is -2.60. The van der Waals surface area contributed by atoms with Gasteiger partial charge in [-0.25, -0.2) is 9.98 Å². The van der Waals surface area contributed by atoms with Gasteiger partial charge in [0.05, 0.1) is 30.5 Å². The lowest BCUT2D eigenvalue weighted by molar-refractivity contribution is -0.0352. The normalized spacial score (nSPS) is 20.5. The Hall–Kier alpha value is -0.450. The van der Waals surface area contributed by atoms with Crippen molar-refractivity contribution >= 4 is 41.3 Å². The third-order valence-electron chi connectivity index (χ3n) is 5.78. The highest BCUT2D eigenvalue weighted by Crippen LogP contribution is 2.33. The third kappa shape index (κ3) is 6.27. The lowest BCUT2D eigenvalue weighted by atomic mass is 9.80. The number of aliphatic imine (C=N–C) groups is 1. The van der Waals surface area contributed by atoms with Gasteiger partial charge in [0.25, 0.3) is 0 Å². The molecule has 2 N–H and O–H groups in total. The number of guanidine groups is 1. The van der Waals surface area contributed by atoms with Gasteiger partial charge < -0.3 is 15.4 Å². The zero-order chi connectivity index (χ0) is 19.1. The first kappa shape index (κ1) is 23.8. The fourth-order valence-corrected chi connectivity index (χ4v) is 5.18. The van der Waals surface area contributed by atoms with Gasteiger partial charge in [-0.3, -0.25) is 4.90 Å². The summed E-state index contributed by atoms with van der Waals surface area (Å²) in [6.45, 7) is 12.6. The minimum atomic E-state index is 0. The molecule has 3 rings (SSSR count). The molecule has 160 valence electrons. The number of hydrogen-bond donors (Lipinski definition) is 2. The molecule has 0 atom stereocenters. The first-order chi connectivity index (χ1) is 13.1. The van der Waals surface area contributed by atoms with Gasteiger partial charge in [-0.2, -0.15) is 0 Å². The van der Waals surface area contributed by atoms with Crippen molar-refractivity contribution in [1.82, 2.24) is 20.5 Å². The molecule has 0 unspecified atom stereocenters. The Kier molecular flexibility index (Phi) is 9.92. The smallest absolute Gasteiger partial charge is 0.191 e. The largest absolute Gasteiger partial charge is 0.379 e. The number of halogens is 1. The molecule has 1 aromatic rings. The summed E-state index contributed by atoms with van der Waals surface area (Å²) < 4.78 is 5.60. The second-order valence-electron chi connectivity index (χ2n) is 7.67. The Morgan fingerprint density at radius 2 is 1.89 bits per heavy atom. The minimum Gasteiger partial charge on any atom is -0.379 e. The van der Waals surface area contributed by atoms with Gasteiger partial charge >= 0.3 is 0 Å². The van der Waals surface area contributed by atoms with Crippen molar-refractivity contribution < 1.29 is 4.74 Å². The van der Waals surface area contributed by atoms with Crippen LogP contribution < -0.4 is 10.6 Å². The van der Waals surface area contributed by atoms with Crippen molar-refractivity contribution in [1.29, 1.82) is 0 Å². The summed E-state index contributed by atoms with van der Waals surface area (Å²) in [6.07, 6.45) is 6.56. The molecule has 8 heteroatoms. The van der Waals surface area contributed by atoms with Crippen LogP contribution in [0, 0.1) is 13.8 Å². The summed E-state index contributed by atoms with van der Waals surface area (Å²) in [6, 6.07) is 0.